The van der Waals surface area contributed by atoms with Crippen molar-refractivity contribution in [3.63, 3.8) is 0 Å². The molecule has 0 atom stereocenters. The van der Waals surface area contributed by atoms with Crippen LogP contribution in [0.5, 0.6) is 0 Å². The highest BCUT2D eigenvalue weighted by Gasteiger charge is 2.13. The summed E-state index contributed by atoms with van der Waals surface area (Å²) >= 11 is 5.93. The molecule has 0 heterocycles. The van der Waals surface area contributed by atoms with Crippen molar-refractivity contribution in [1.82, 2.24) is 5.32 Å². The lowest BCUT2D eigenvalue weighted by atomic mass is 10.0. The second-order valence-corrected chi connectivity index (χ2v) is 5.18. The Kier molecular flexibility index (Phi) is 4.68. The van der Waals surface area contributed by atoms with Crippen LogP contribution < -0.4 is 5.32 Å². The average molecular weight is 238 g/mol. The molecule has 16 heavy (non-hydrogen) atoms. The predicted molar refractivity (Wildman–Crippen MR) is 69.7 cm³/mol. The molecule has 1 fully saturated rings. The Hall–Kier alpha value is -0.530. The topological polar surface area (TPSA) is 12.0 Å². The maximum atomic E-state index is 5.93. The fraction of sp³-hybridized carbons (Fsp3) is 0.571. The Balaban J connectivity index is 1.64. The summed E-state index contributed by atoms with van der Waals surface area (Å²) in [4.78, 5) is 0. The van der Waals surface area contributed by atoms with Gasteiger partial charge in [-0.15, -0.1) is 0 Å². The van der Waals surface area contributed by atoms with E-state index >= 15 is 0 Å². The molecule has 1 nitrogen and oxygen atoms in total. The van der Waals surface area contributed by atoms with Gasteiger partial charge in [0.05, 0.1) is 0 Å². The Bertz CT molecular complexity index is 318. The van der Waals surface area contributed by atoms with Gasteiger partial charge in [-0.25, -0.2) is 0 Å². The second kappa shape index (κ2) is 6.27. The van der Waals surface area contributed by atoms with E-state index in [1.165, 1.54) is 37.7 Å². The molecule has 0 unspecified atom stereocenters. The van der Waals surface area contributed by atoms with E-state index in [4.69, 9.17) is 11.6 Å². The lowest BCUT2D eigenvalue weighted by molar-refractivity contribution is 0.477. The Labute approximate surface area is 103 Å². The van der Waals surface area contributed by atoms with Gasteiger partial charge in [0.1, 0.15) is 0 Å². The lowest BCUT2D eigenvalue weighted by Gasteiger charge is -2.09. The maximum Gasteiger partial charge on any atom is 0.0409 e. The minimum Gasteiger partial charge on any atom is -0.313 e. The molecule has 2 heteroatoms. The van der Waals surface area contributed by atoms with E-state index in [0.717, 1.165) is 24.0 Å². The number of nitrogens with one attached hydrogen (secondary N) is 1. The third kappa shape index (κ3) is 3.80. The van der Waals surface area contributed by atoms with Crippen molar-refractivity contribution in [2.75, 3.05) is 6.54 Å². The first-order valence-corrected chi connectivity index (χ1v) is 6.67. The molecule has 0 bridgehead atoms. The van der Waals surface area contributed by atoms with Crippen LogP contribution in [0.2, 0.25) is 5.02 Å². The zero-order chi connectivity index (χ0) is 11.2. The van der Waals surface area contributed by atoms with E-state index in [-0.39, 0.29) is 0 Å². The van der Waals surface area contributed by atoms with Crippen LogP contribution >= 0.6 is 11.6 Å². The summed E-state index contributed by atoms with van der Waals surface area (Å²) in [5.74, 6) is 0.979. The van der Waals surface area contributed by atoms with Crippen LogP contribution in [0, 0.1) is 5.92 Å². The molecular weight excluding hydrogens is 218 g/mol. The largest absolute Gasteiger partial charge is 0.313 e. The molecule has 0 aromatic heterocycles. The number of benzene rings is 1. The van der Waals surface area contributed by atoms with Gasteiger partial charge in [-0.05, 0) is 36.6 Å². The molecule has 0 saturated heterocycles. The van der Waals surface area contributed by atoms with Crippen molar-refractivity contribution < 1.29 is 0 Å². The summed E-state index contributed by atoms with van der Waals surface area (Å²) in [6.45, 7) is 2.07. The van der Waals surface area contributed by atoms with Crippen molar-refractivity contribution in [2.45, 2.75) is 38.6 Å². The molecule has 1 aromatic rings. The van der Waals surface area contributed by atoms with Crippen LogP contribution in [-0.4, -0.2) is 6.54 Å². The van der Waals surface area contributed by atoms with Crippen molar-refractivity contribution in [3.8, 4) is 0 Å². The van der Waals surface area contributed by atoms with Crippen LogP contribution in [0.3, 0.4) is 0 Å². The molecule has 0 amide bonds. The first-order valence-electron chi connectivity index (χ1n) is 6.30. The van der Waals surface area contributed by atoms with Gasteiger partial charge in [-0.3, -0.25) is 0 Å². The Morgan fingerprint density at radius 2 is 2.06 bits per heavy atom. The zero-order valence-corrected chi connectivity index (χ0v) is 10.5. The maximum absolute atomic E-state index is 5.93. The van der Waals surface area contributed by atoms with Crippen molar-refractivity contribution in [2.24, 2.45) is 5.92 Å². The molecule has 88 valence electrons. The van der Waals surface area contributed by atoms with E-state index in [9.17, 15) is 0 Å². The van der Waals surface area contributed by atoms with Crippen LogP contribution in [0.4, 0.5) is 0 Å². The minimum absolute atomic E-state index is 0.829. The minimum atomic E-state index is 0.829. The number of hydrogen-bond acceptors (Lipinski definition) is 1. The Morgan fingerprint density at radius 1 is 1.25 bits per heavy atom. The molecule has 1 aromatic carbocycles. The van der Waals surface area contributed by atoms with Crippen LogP contribution in [0.1, 0.15) is 37.7 Å². The van der Waals surface area contributed by atoms with Gasteiger partial charge in [-0.2, -0.15) is 0 Å². The van der Waals surface area contributed by atoms with E-state index in [0.29, 0.717) is 0 Å². The summed E-state index contributed by atoms with van der Waals surface area (Å²) in [6.07, 6.45) is 7.11. The van der Waals surface area contributed by atoms with E-state index in [2.05, 4.69) is 11.4 Å². The van der Waals surface area contributed by atoms with Crippen molar-refractivity contribution in [1.29, 1.82) is 0 Å². The van der Waals surface area contributed by atoms with Crippen LogP contribution in [-0.2, 0) is 6.54 Å². The molecule has 0 aliphatic heterocycles. The number of hydrogen-bond donors (Lipinski definition) is 1. The van der Waals surface area contributed by atoms with Gasteiger partial charge < -0.3 is 5.32 Å². The lowest BCUT2D eigenvalue weighted by Crippen LogP contribution is -2.16. The summed E-state index contributed by atoms with van der Waals surface area (Å²) in [5, 5.41) is 4.33. The molecule has 1 saturated carbocycles. The first-order chi connectivity index (χ1) is 7.84. The third-order valence-corrected chi connectivity index (χ3v) is 3.66. The first kappa shape index (κ1) is 11.9. The smallest absolute Gasteiger partial charge is 0.0409 e. The molecule has 1 aliphatic rings. The Morgan fingerprint density at radius 3 is 2.81 bits per heavy atom. The number of halogens is 1. The monoisotopic (exact) mass is 237 g/mol. The highest BCUT2D eigenvalue weighted by atomic mass is 35.5. The van der Waals surface area contributed by atoms with E-state index < -0.39 is 0 Å². The van der Waals surface area contributed by atoms with Gasteiger partial charge in [0.15, 0.2) is 0 Å². The highest BCUT2D eigenvalue weighted by Crippen LogP contribution is 2.26. The van der Waals surface area contributed by atoms with Crippen LogP contribution in [0.25, 0.3) is 0 Å². The third-order valence-electron chi connectivity index (χ3n) is 3.42. The summed E-state index contributed by atoms with van der Waals surface area (Å²) in [7, 11) is 0. The molecule has 1 aliphatic carbocycles. The number of rotatable bonds is 5. The van der Waals surface area contributed by atoms with Gasteiger partial charge >= 0.3 is 0 Å². The molecular formula is C14H20ClN. The van der Waals surface area contributed by atoms with Crippen LogP contribution in [0.15, 0.2) is 24.3 Å². The van der Waals surface area contributed by atoms with Gasteiger partial charge in [0.25, 0.3) is 0 Å². The van der Waals surface area contributed by atoms with E-state index in [1.807, 2.05) is 18.2 Å². The van der Waals surface area contributed by atoms with Gasteiger partial charge in [0, 0.05) is 11.6 Å². The SMILES string of the molecule is Clc1cccc(CNCCC2CCCC2)c1. The normalized spacial score (nSPS) is 16.8. The average Bonchev–Trinajstić information content (AvgIpc) is 2.77. The fourth-order valence-electron chi connectivity index (χ4n) is 2.48. The van der Waals surface area contributed by atoms with E-state index in [1.54, 1.807) is 0 Å². The molecule has 1 N–H and O–H groups in total. The highest BCUT2D eigenvalue weighted by molar-refractivity contribution is 6.30. The fourth-order valence-corrected chi connectivity index (χ4v) is 2.70. The second-order valence-electron chi connectivity index (χ2n) is 4.75. The predicted octanol–water partition coefficient (Wildman–Crippen LogP) is 4.01. The summed E-state index contributed by atoms with van der Waals surface area (Å²) < 4.78 is 0. The molecule has 2 rings (SSSR count). The van der Waals surface area contributed by atoms with Crippen molar-refractivity contribution in [3.05, 3.63) is 34.9 Å². The summed E-state index contributed by atoms with van der Waals surface area (Å²) in [5.41, 5.74) is 1.28. The molecule has 0 spiro atoms. The standard InChI is InChI=1S/C14H20ClN/c15-14-7-3-6-13(10-14)11-16-9-8-12-4-1-2-5-12/h3,6-7,10,12,16H,1-2,4-5,8-9,11H2. The van der Waals surface area contributed by atoms with Crippen molar-refractivity contribution >= 4 is 11.6 Å². The van der Waals surface area contributed by atoms with Gasteiger partial charge in [-0.1, -0.05) is 49.4 Å². The summed E-state index contributed by atoms with van der Waals surface area (Å²) in [6, 6.07) is 8.08. The quantitative estimate of drug-likeness (QED) is 0.763. The van der Waals surface area contributed by atoms with Gasteiger partial charge in [0.2, 0.25) is 0 Å². The zero-order valence-electron chi connectivity index (χ0n) is 9.71. The molecule has 0 radical (unpaired) electrons.